The van der Waals surface area contributed by atoms with Gasteiger partial charge in [0.25, 0.3) is 0 Å². The summed E-state index contributed by atoms with van der Waals surface area (Å²) >= 11 is 0. The molecular formula is C18H27N3O3. The van der Waals surface area contributed by atoms with E-state index in [1.54, 1.807) is 0 Å². The summed E-state index contributed by atoms with van der Waals surface area (Å²) in [4.78, 5) is 24.1. The van der Waals surface area contributed by atoms with E-state index in [9.17, 15) is 9.59 Å². The van der Waals surface area contributed by atoms with Crippen molar-refractivity contribution in [2.45, 2.75) is 76.3 Å². The van der Waals surface area contributed by atoms with Crippen molar-refractivity contribution in [3.8, 4) is 0 Å². The lowest BCUT2D eigenvalue weighted by Gasteiger charge is -2.28. The van der Waals surface area contributed by atoms with Gasteiger partial charge in [0.15, 0.2) is 5.78 Å². The maximum atomic E-state index is 12.3. The number of amides is 1. The summed E-state index contributed by atoms with van der Waals surface area (Å²) in [6, 6.07) is 1.93. The van der Waals surface area contributed by atoms with Crippen LogP contribution in [0.25, 0.3) is 0 Å². The Morgan fingerprint density at radius 2 is 2.00 bits per heavy atom. The molecule has 3 N–H and O–H groups in total. The van der Waals surface area contributed by atoms with Crippen LogP contribution in [-0.2, 0) is 4.79 Å². The van der Waals surface area contributed by atoms with E-state index in [1.165, 1.54) is 0 Å². The first-order valence-corrected chi connectivity index (χ1v) is 9.06. The highest BCUT2D eigenvalue weighted by atomic mass is 16.5. The standard InChI is InChI=1S/C18H27N3O3/c1-11(19)8-18(23)20-14-6-2-12(3-7-14)9-16(22)15-10-17(24-21-15)13-4-5-13/h10-14H,2-9,19H2,1H3,(H,20,23). The smallest absolute Gasteiger partial charge is 0.221 e. The zero-order valence-electron chi connectivity index (χ0n) is 14.3. The second-order valence-corrected chi connectivity index (χ2v) is 7.48. The van der Waals surface area contributed by atoms with E-state index in [0.29, 0.717) is 30.4 Å². The van der Waals surface area contributed by atoms with Gasteiger partial charge in [-0.1, -0.05) is 5.16 Å². The van der Waals surface area contributed by atoms with Gasteiger partial charge in [-0.05, 0) is 51.4 Å². The van der Waals surface area contributed by atoms with Gasteiger partial charge in [-0.25, -0.2) is 0 Å². The molecule has 0 bridgehead atoms. The molecule has 0 saturated heterocycles. The second kappa shape index (κ2) is 7.47. The van der Waals surface area contributed by atoms with Crippen LogP contribution in [0, 0.1) is 5.92 Å². The quantitative estimate of drug-likeness (QED) is 0.747. The predicted molar refractivity (Wildman–Crippen MR) is 89.6 cm³/mol. The maximum absolute atomic E-state index is 12.3. The molecule has 2 saturated carbocycles. The summed E-state index contributed by atoms with van der Waals surface area (Å²) in [5.74, 6) is 1.82. The Hall–Kier alpha value is -1.69. The van der Waals surface area contributed by atoms with Crippen LogP contribution >= 0.6 is 0 Å². The summed E-state index contributed by atoms with van der Waals surface area (Å²) < 4.78 is 5.26. The summed E-state index contributed by atoms with van der Waals surface area (Å²) in [7, 11) is 0. The molecule has 0 radical (unpaired) electrons. The summed E-state index contributed by atoms with van der Waals surface area (Å²) in [5, 5.41) is 6.98. The number of nitrogens with two attached hydrogens (primary N) is 1. The van der Waals surface area contributed by atoms with Crippen LogP contribution < -0.4 is 11.1 Å². The maximum Gasteiger partial charge on any atom is 0.221 e. The molecule has 1 aromatic heterocycles. The van der Waals surface area contributed by atoms with E-state index in [0.717, 1.165) is 44.3 Å². The van der Waals surface area contributed by atoms with Gasteiger partial charge in [0.2, 0.25) is 5.91 Å². The van der Waals surface area contributed by atoms with Crippen LogP contribution in [0.3, 0.4) is 0 Å². The number of carbonyl (C=O) groups is 2. The van der Waals surface area contributed by atoms with Crippen molar-refractivity contribution in [2.24, 2.45) is 11.7 Å². The van der Waals surface area contributed by atoms with Gasteiger partial charge in [-0.3, -0.25) is 9.59 Å². The third-order valence-electron chi connectivity index (χ3n) is 4.99. The Balaban J connectivity index is 1.41. The minimum absolute atomic E-state index is 0.0275. The molecule has 1 unspecified atom stereocenters. The fourth-order valence-corrected chi connectivity index (χ4v) is 3.44. The normalized spacial score (nSPS) is 25.2. The number of hydrogen-bond acceptors (Lipinski definition) is 5. The minimum atomic E-state index is -0.109. The van der Waals surface area contributed by atoms with Crippen molar-refractivity contribution in [2.75, 3.05) is 0 Å². The summed E-state index contributed by atoms with van der Waals surface area (Å²) in [6.07, 6.45) is 6.95. The summed E-state index contributed by atoms with van der Waals surface area (Å²) in [5.41, 5.74) is 6.12. The fourth-order valence-electron chi connectivity index (χ4n) is 3.44. The molecule has 2 fully saturated rings. The molecule has 0 aromatic carbocycles. The number of nitrogens with one attached hydrogen (secondary N) is 1. The van der Waals surface area contributed by atoms with Gasteiger partial charge in [-0.15, -0.1) is 0 Å². The van der Waals surface area contributed by atoms with E-state index in [-0.39, 0.29) is 23.8 Å². The molecule has 6 nitrogen and oxygen atoms in total. The van der Waals surface area contributed by atoms with Crippen molar-refractivity contribution >= 4 is 11.7 Å². The zero-order chi connectivity index (χ0) is 17.1. The third kappa shape index (κ3) is 4.66. The molecule has 6 heteroatoms. The van der Waals surface area contributed by atoms with Crippen LogP contribution in [0.15, 0.2) is 10.6 Å². The van der Waals surface area contributed by atoms with Crippen molar-refractivity contribution < 1.29 is 14.1 Å². The Bertz CT molecular complexity index is 584. The lowest BCUT2D eigenvalue weighted by Crippen LogP contribution is -2.39. The third-order valence-corrected chi connectivity index (χ3v) is 4.99. The number of carbonyl (C=O) groups excluding carboxylic acids is 2. The SMILES string of the molecule is CC(N)CC(=O)NC1CCC(CC(=O)c2cc(C3CC3)on2)CC1. The van der Waals surface area contributed by atoms with E-state index in [1.807, 2.05) is 13.0 Å². The first kappa shape index (κ1) is 17.1. The fraction of sp³-hybridized carbons (Fsp3) is 0.722. The van der Waals surface area contributed by atoms with Crippen molar-refractivity contribution in [3.05, 3.63) is 17.5 Å². The predicted octanol–water partition coefficient (Wildman–Crippen LogP) is 2.54. The van der Waals surface area contributed by atoms with Gasteiger partial charge in [-0.2, -0.15) is 0 Å². The number of rotatable bonds is 7. The first-order valence-electron chi connectivity index (χ1n) is 9.06. The van der Waals surface area contributed by atoms with Crippen molar-refractivity contribution in [1.29, 1.82) is 0 Å². The molecule has 1 atom stereocenters. The van der Waals surface area contributed by atoms with Gasteiger partial charge in [0.1, 0.15) is 11.5 Å². The molecule has 3 rings (SSSR count). The molecular weight excluding hydrogens is 306 g/mol. The number of nitrogens with zero attached hydrogens (tertiary/aromatic N) is 1. The molecule has 24 heavy (non-hydrogen) atoms. The first-order chi connectivity index (χ1) is 11.5. The zero-order valence-corrected chi connectivity index (χ0v) is 14.3. The van der Waals surface area contributed by atoms with Crippen molar-refractivity contribution in [1.82, 2.24) is 10.5 Å². The lowest BCUT2D eigenvalue weighted by molar-refractivity contribution is -0.122. The van der Waals surface area contributed by atoms with E-state index in [4.69, 9.17) is 10.3 Å². The second-order valence-electron chi connectivity index (χ2n) is 7.48. The number of Topliss-reactive ketones (excluding diaryl/α,β-unsaturated/α-hetero) is 1. The average Bonchev–Trinajstić information content (AvgIpc) is 3.25. The number of ketones is 1. The van der Waals surface area contributed by atoms with Gasteiger partial charge in [0.05, 0.1) is 0 Å². The van der Waals surface area contributed by atoms with Gasteiger partial charge >= 0.3 is 0 Å². The Kier molecular flexibility index (Phi) is 5.33. The van der Waals surface area contributed by atoms with Crippen molar-refractivity contribution in [3.63, 3.8) is 0 Å². The number of aromatic nitrogens is 1. The molecule has 1 heterocycles. The molecule has 132 valence electrons. The molecule has 0 aliphatic heterocycles. The Labute approximate surface area is 142 Å². The summed E-state index contributed by atoms with van der Waals surface area (Å²) in [6.45, 7) is 1.83. The van der Waals surface area contributed by atoms with Gasteiger partial charge < -0.3 is 15.6 Å². The van der Waals surface area contributed by atoms with E-state index in [2.05, 4.69) is 10.5 Å². The van der Waals surface area contributed by atoms with Crippen LogP contribution in [-0.4, -0.2) is 28.9 Å². The minimum Gasteiger partial charge on any atom is -0.360 e. The van der Waals surface area contributed by atoms with Crippen LogP contribution in [0.5, 0.6) is 0 Å². The highest BCUT2D eigenvalue weighted by Crippen LogP contribution is 2.40. The number of hydrogen-bond donors (Lipinski definition) is 2. The highest BCUT2D eigenvalue weighted by molar-refractivity contribution is 5.94. The Morgan fingerprint density at radius 3 is 2.62 bits per heavy atom. The van der Waals surface area contributed by atoms with E-state index >= 15 is 0 Å². The van der Waals surface area contributed by atoms with Crippen LogP contribution in [0.2, 0.25) is 0 Å². The van der Waals surface area contributed by atoms with Crippen LogP contribution in [0.1, 0.15) is 80.5 Å². The molecule has 0 spiro atoms. The topological polar surface area (TPSA) is 98.2 Å². The molecule has 1 aromatic rings. The Morgan fingerprint density at radius 1 is 1.29 bits per heavy atom. The van der Waals surface area contributed by atoms with Gasteiger partial charge in [0, 0.05) is 36.9 Å². The lowest BCUT2D eigenvalue weighted by atomic mass is 9.82. The molecule has 2 aliphatic carbocycles. The highest BCUT2D eigenvalue weighted by Gasteiger charge is 2.30. The van der Waals surface area contributed by atoms with Crippen LogP contribution in [0.4, 0.5) is 0 Å². The monoisotopic (exact) mass is 333 g/mol. The van der Waals surface area contributed by atoms with E-state index < -0.39 is 0 Å². The average molecular weight is 333 g/mol. The largest absolute Gasteiger partial charge is 0.360 e. The molecule has 1 amide bonds. The molecule has 2 aliphatic rings.